The zero-order valence-corrected chi connectivity index (χ0v) is 15.6. The standard InChI is InChI=1S/C21H23N3O3/c1-3-15-8-10-16(11-9-15)14-23(2)19(25)12-13-24-21(27)18-7-5-4-6-17(18)20(26)22-24/h4-11H,3,12-14H2,1-2H3,(H,22,26). The summed E-state index contributed by atoms with van der Waals surface area (Å²) in [4.78, 5) is 38.6. The summed E-state index contributed by atoms with van der Waals surface area (Å²) in [5, 5.41) is 3.27. The number of H-pyrrole nitrogens is 1. The van der Waals surface area contributed by atoms with Crippen LogP contribution in [0.2, 0.25) is 0 Å². The molecular formula is C21H23N3O3. The summed E-state index contributed by atoms with van der Waals surface area (Å²) in [6, 6.07) is 14.8. The molecule has 2 aromatic carbocycles. The number of carbonyl (C=O) groups is 1. The van der Waals surface area contributed by atoms with Gasteiger partial charge in [-0.3, -0.25) is 19.5 Å². The van der Waals surface area contributed by atoms with Crippen molar-refractivity contribution in [3.63, 3.8) is 0 Å². The van der Waals surface area contributed by atoms with Crippen molar-refractivity contribution in [3.8, 4) is 0 Å². The highest BCUT2D eigenvalue weighted by Gasteiger charge is 2.12. The molecule has 3 aromatic rings. The van der Waals surface area contributed by atoms with Crippen LogP contribution in [0.1, 0.15) is 24.5 Å². The molecule has 0 aliphatic rings. The van der Waals surface area contributed by atoms with Crippen LogP contribution in [0.5, 0.6) is 0 Å². The summed E-state index contributed by atoms with van der Waals surface area (Å²) in [6.45, 7) is 2.74. The molecule has 0 aliphatic carbocycles. The fraction of sp³-hybridized carbons (Fsp3) is 0.286. The zero-order chi connectivity index (χ0) is 19.4. The van der Waals surface area contributed by atoms with E-state index in [9.17, 15) is 14.4 Å². The van der Waals surface area contributed by atoms with Crippen LogP contribution in [0.15, 0.2) is 58.1 Å². The third kappa shape index (κ3) is 4.16. The Hall–Kier alpha value is -3.15. The first-order valence-corrected chi connectivity index (χ1v) is 9.03. The highest BCUT2D eigenvalue weighted by molar-refractivity contribution is 5.80. The lowest BCUT2D eigenvalue weighted by atomic mass is 10.1. The molecule has 0 bridgehead atoms. The molecule has 1 aromatic heterocycles. The molecule has 0 aliphatic heterocycles. The monoisotopic (exact) mass is 365 g/mol. The van der Waals surface area contributed by atoms with Crippen molar-refractivity contribution in [1.82, 2.24) is 14.7 Å². The summed E-state index contributed by atoms with van der Waals surface area (Å²) < 4.78 is 1.21. The molecule has 0 radical (unpaired) electrons. The first kappa shape index (κ1) is 18.6. The lowest BCUT2D eigenvalue weighted by molar-refractivity contribution is -0.130. The average molecular weight is 365 g/mol. The van der Waals surface area contributed by atoms with Crippen LogP contribution in [0, 0.1) is 0 Å². The second-order valence-electron chi connectivity index (χ2n) is 6.61. The van der Waals surface area contributed by atoms with Crippen LogP contribution in [0.4, 0.5) is 0 Å². The number of aromatic nitrogens is 2. The number of nitrogens with one attached hydrogen (secondary N) is 1. The van der Waals surface area contributed by atoms with Crippen LogP contribution in [-0.4, -0.2) is 27.6 Å². The van der Waals surface area contributed by atoms with Gasteiger partial charge in [-0.15, -0.1) is 0 Å². The largest absolute Gasteiger partial charge is 0.341 e. The number of hydrogen-bond donors (Lipinski definition) is 1. The Labute approximate surface area is 157 Å². The van der Waals surface area contributed by atoms with Gasteiger partial charge < -0.3 is 4.90 Å². The smallest absolute Gasteiger partial charge is 0.273 e. The minimum atomic E-state index is -0.331. The molecule has 0 fully saturated rings. The molecule has 3 rings (SSSR count). The van der Waals surface area contributed by atoms with Crippen molar-refractivity contribution in [3.05, 3.63) is 80.4 Å². The second kappa shape index (κ2) is 8.03. The van der Waals surface area contributed by atoms with E-state index in [0.29, 0.717) is 17.3 Å². The Morgan fingerprint density at radius 3 is 2.30 bits per heavy atom. The number of rotatable bonds is 6. The molecule has 0 saturated carbocycles. The van der Waals surface area contributed by atoms with Gasteiger partial charge >= 0.3 is 0 Å². The number of hydrogen-bond acceptors (Lipinski definition) is 3. The van der Waals surface area contributed by atoms with Gasteiger partial charge in [0.25, 0.3) is 11.1 Å². The van der Waals surface area contributed by atoms with Crippen LogP contribution in [0.3, 0.4) is 0 Å². The molecule has 0 spiro atoms. The third-order valence-electron chi connectivity index (χ3n) is 4.71. The van der Waals surface area contributed by atoms with Crippen molar-refractivity contribution in [2.24, 2.45) is 0 Å². The van der Waals surface area contributed by atoms with Gasteiger partial charge in [0, 0.05) is 20.0 Å². The second-order valence-corrected chi connectivity index (χ2v) is 6.61. The van der Waals surface area contributed by atoms with Crippen molar-refractivity contribution in [1.29, 1.82) is 0 Å². The predicted molar refractivity (Wildman–Crippen MR) is 106 cm³/mol. The van der Waals surface area contributed by atoms with Crippen LogP contribution in [-0.2, 0) is 24.3 Å². The predicted octanol–water partition coefficient (Wildman–Crippen LogP) is 2.30. The number of fused-ring (bicyclic) bond motifs is 1. The van der Waals surface area contributed by atoms with E-state index in [0.717, 1.165) is 12.0 Å². The normalized spacial score (nSPS) is 10.9. The molecule has 27 heavy (non-hydrogen) atoms. The Morgan fingerprint density at radius 2 is 1.63 bits per heavy atom. The Balaban J connectivity index is 1.68. The lowest BCUT2D eigenvalue weighted by Crippen LogP contribution is -2.33. The minimum absolute atomic E-state index is 0.0875. The van der Waals surface area contributed by atoms with E-state index in [2.05, 4.69) is 24.2 Å². The quantitative estimate of drug-likeness (QED) is 0.728. The highest BCUT2D eigenvalue weighted by Crippen LogP contribution is 2.08. The number of benzene rings is 2. The Bertz CT molecular complexity index is 1060. The number of aromatic amines is 1. The maximum Gasteiger partial charge on any atom is 0.273 e. The number of nitrogens with zero attached hydrogens (tertiary/aromatic N) is 2. The fourth-order valence-corrected chi connectivity index (χ4v) is 3.04. The number of aryl methyl sites for hydroxylation is 2. The molecule has 6 heteroatoms. The summed E-state index contributed by atoms with van der Waals surface area (Å²) in [7, 11) is 1.74. The van der Waals surface area contributed by atoms with E-state index < -0.39 is 0 Å². The van der Waals surface area contributed by atoms with Gasteiger partial charge in [-0.1, -0.05) is 43.3 Å². The summed E-state index contributed by atoms with van der Waals surface area (Å²) in [5.41, 5.74) is 1.68. The van der Waals surface area contributed by atoms with E-state index in [4.69, 9.17) is 0 Å². The maximum atomic E-state index is 12.5. The van der Waals surface area contributed by atoms with E-state index in [-0.39, 0.29) is 30.0 Å². The topological polar surface area (TPSA) is 75.2 Å². The molecule has 1 heterocycles. The van der Waals surface area contributed by atoms with E-state index in [1.54, 1.807) is 36.2 Å². The molecule has 0 unspecified atom stereocenters. The van der Waals surface area contributed by atoms with Crippen molar-refractivity contribution >= 4 is 16.7 Å². The molecule has 6 nitrogen and oxygen atoms in total. The van der Waals surface area contributed by atoms with Crippen LogP contribution < -0.4 is 11.1 Å². The van der Waals surface area contributed by atoms with E-state index >= 15 is 0 Å². The first-order valence-electron chi connectivity index (χ1n) is 9.03. The van der Waals surface area contributed by atoms with E-state index in [1.165, 1.54) is 10.2 Å². The Morgan fingerprint density at radius 1 is 1.00 bits per heavy atom. The van der Waals surface area contributed by atoms with Gasteiger partial charge in [0.2, 0.25) is 5.91 Å². The molecular weight excluding hydrogens is 342 g/mol. The van der Waals surface area contributed by atoms with Crippen molar-refractivity contribution in [2.75, 3.05) is 7.05 Å². The van der Waals surface area contributed by atoms with Crippen molar-refractivity contribution < 1.29 is 4.79 Å². The summed E-state index contributed by atoms with van der Waals surface area (Å²) >= 11 is 0. The zero-order valence-electron chi connectivity index (χ0n) is 15.6. The van der Waals surface area contributed by atoms with Gasteiger partial charge in [0.1, 0.15) is 0 Å². The van der Waals surface area contributed by atoms with Crippen molar-refractivity contribution in [2.45, 2.75) is 32.9 Å². The van der Waals surface area contributed by atoms with Crippen LogP contribution >= 0.6 is 0 Å². The Kier molecular flexibility index (Phi) is 5.54. The van der Waals surface area contributed by atoms with Gasteiger partial charge in [-0.2, -0.15) is 0 Å². The van der Waals surface area contributed by atoms with E-state index in [1.807, 2.05) is 12.1 Å². The number of carbonyl (C=O) groups excluding carboxylic acids is 1. The van der Waals surface area contributed by atoms with Gasteiger partial charge in [-0.05, 0) is 29.7 Å². The summed E-state index contributed by atoms with van der Waals surface area (Å²) in [5.74, 6) is -0.0875. The molecule has 1 amide bonds. The maximum absolute atomic E-state index is 12.5. The summed E-state index contributed by atoms with van der Waals surface area (Å²) in [6.07, 6.45) is 1.12. The third-order valence-corrected chi connectivity index (χ3v) is 4.71. The molecule has 0 atom stereocenters. The number of amides is 1. The van der Waals surface area contributed by atoms with Gasteiger partial charge in [-0.25, -0.2) is 4.68 Å². The molecule has 1 N–H and O–H groups in total. The highest BCUT2D eigenvalue weighted by atomic mass is 16.2. The lowest BCUT2D eigenvalue weighted by Gasteiger charge is -2.18. The fourth-order valence-electron chi connectivity index (χ4n) is 3.04. The molecule has 0 saturated heterocycles. The van der Waals surface area contributed by atoms with Gasteiger partial charge in [0.05, 0.1) is 17.3 Å². The van der Waals surface area contributed by atoms with Gasteiger partial charge in [0.15, 0.2) is 0 Å². The van der Waals surface area contributed by atoms with Crippen LogP contribution in [0.25, 0.3) is 10.8 Å². The SMILES string of the molecule is CCc1ccc(CN(C)C(=O)CCn2[nH]c(=O)c3ccccc3c2=O)cc1. The minimum Gasteiger partial charge on any atom is -0.341 e. The molecule has 140 valence electrons. The first-order chi connectivity index (χ1) is 13.0. The average Bonchev–Trinajstić information content (AvgIpc) is 2.70.